The second kappa shape index (κ2) is 9.38. The van der Waals surface area contributed by atoms with Gasteiger partial charge in [-0.05, 0) is 44.2 Å². The van der Waals surface area contributed by atoms with Gasteiger partial charge in [-0.1, -0.05) is 19.8 Å². The Morgan fingerprint density at radius 2 is 1.74 bits per heavy atom. The van der Waals surface area contributed by atoms with E-state index < -0.39 is 0 Å². The summed E-state index contributed by atoms with van der Waals surface area (Å²) in [4.78, 5) is 24.3. The minimum atomic E-state index is 0.0223. The van der Waals surface area contributed by atoms with Crippen LogP contribution < -0.4 is 10.6 Å². The van der Waals surface area contributed by atoms with Gasteiger partial charge in [0.15, 0.2) is 0 Å². The van der Waals surface area contributed by atoms with Crippen molar-refractivity contribution in [2.24, 2.45) is 11.8 Å². The topological polar surface area (TPSA) is 71.3 Å². The monoisotopic (exact) mass is 320 g/mol. The van der Waals surface area contributed by atoms with E-state index in [0.717, 1.165) is 57.3 Å². The Kier molecular flexibility index (Phi) is 7.17. The highest BCUT2D eigenvalue weighted by molar-refractivity contribution is 5.81. The molecule has 0 bridgehead atoms. The third kappa shape index (κ3) is 5.73. The summed E-state index contributed by atoms with van der Waals surface area (Å²) in [5, 5.41) is 5.94. The lowest BCUT2D eigenvalue weighted by atomic mass is 9.81. The number of rotatable bonds is 8. The Morgan fingerprint density at radius 3 is 2.30 bits per heavy atom. The van der Waals surface area contributed by atoms with E-state index >= 15 is 0 Å². The Bertz CT molecular complexity index is 476. The van der Waals surface area contributed by atoms with Crippen LogP contribution >= 0.6 is 0 Å². The molecule has 5 nitrogen and oxygen atoms in total. The van der Waals surface area contributed by atoms with Gasteiger partial charge in [-0.3, -0.25) is 9.59 Å². The van der Waals surface area contributed by atoms with Crippen molar-refractivity contribution in [3.05, 3.63) is 24.2 Å². The fourth-order valence-electron chi connectivity index (χ4n) is 3.08. The van der Waals surface area contributed by atoms with Crippen molar-refractivity contribution in [3.8, 4) is 0 Å². The van der Waals surface area contributed by atoms with Crippen LogP contribution in [0.25, 0.3) is 0 Å². The molecule has 0 saturated heterocycles. The van der Waals surface area contributed by atoms with E-state index in [1.54, 1.807) is 6.26 Å². The summed E-state index contributed by atoms with van der Waals surface area (Å²) in [6.07, 6.45) is 8.15. The van der Waals surface area contributed by atoms with E-state index in [1.165, 1.54) is 0 Å². The first kappa shape index (κ1) is 17.6. The maximum absolute atomic E-state index is 12.2. The molecule has 0 radical (unpaired) electrons. The highest BCUT2D eigenvalue weighted by atomic mass is 16.3. The van der Waals surface area contributed by atoms with E-state index in [9.17, 15) is 9.59 Å². The van der Waals surface area contributed by atoms with E-state index in [-0.39, 0.29) is 23.7 Å². The molecule has 1 aliphatic rings. The van der Waals surface area contributed by atoms with Gasteiger partial charge in [0.05, 0.1) is 12.8 Å². The van der Waals surface area contributed by atoms with Gasteiger partial charge in [0, 0.05) is 18.4 Å². The van der Waals surface area contributed by atoms with E-state index in [0.29, 0.717) is 6.54 Å². The minimum absolute atomic E-state index is 0.0223. The molecule has 1 aliphatic carbocycles. The summed E-state index contributed by atoms with van der Waals surface area (Å²) >= 11 is 0. The smallest absolute Gasteiger partial charge is 0.223 e. The summed E-state index contributed by atoms with van der Waals surface area (Å²) < 4.78 is 5.21. The Balaban J connectivity index is 1.64. The number of carbonyl (C=O) groups is 2. The van der Waals surface area contributed by atoms with Gasteiger partial charge < -0.3 is 15.1 Å². The van der Waals surface area contributed by atoms with E-state index in [2.05, 4.69) is 17.6 Å². The van der Waals surface area contributed by atoms with Crippen LogP contribution in [0, 0.1) is 11.8 Å². The van der Waals surface area contributed by atoms with Crippen molar-refractivity contribution >= 4 is 11.8 Å². The van der Waals surface area contributed by atoms with Gasteiger partial charge in [0.2, 0.25) is 11.8 Å². The Hall–Kier alpha value is -1.78. The molecule has 0 aliphatic heterocycles. The number of carbonyl (C=O) groups excluding carboxylic acids is 2. The molecule has 1 fully saturated rings. The summed E-state index contributed by atoms with van der Waals surface area (Å²) in [5.41, 5.74) is 0. The van der Waals surface area contributed by atoms with Crippen molar-refractivity contribution in [1.82, 2.24) is 10.6 Å². The summed E-state index contributed by atoms with van der Waals surface area (Å²) in [6, 6.07) is 3.66. The summed E-state index contributed by atoms with van der Waals surface area (Å²) in [5.74, 6) is 1.09. The van der Waals surface area contributed by atoms with Crippen LogP contribution in [0.2, 0.25) is 0 Å². The van der Waals surface area contributed by atoms with Gasteiger partial charge in [0.25, 0.3) is 0 Å². The number of nitrogens with one attached hydrogen (secondary N) is 2. The van der Waals surface area contributed by atoms with Crippen LogP contribution in [0.3, 0.4) is 0 Å². The van der Waals surface area contributed by atoms with Gasteiger partial charge in [-0.25, -0.2) is 0 Å². The first-order valence-corrected chi connectivity index (χ1v) is 8.78. The average Bonchev–Trinajstić information content (AvgIpc) is 3.10. The molecule has 2 amide bonds. The fraction of sp³-hybridized carbons (Fsp3) is 0.667. The standard InChI is InChI=1S/C18H28N2O3/c1-2-3-4-11-19-17(21)14-7-9-15(10-8-14)18(22)20-13-16-6-5-12-23-16/h5-6,12,14-15H,2-4,7-11,13H2,1H3,(H,19,21)(H,20,22). The van der Waals surface area contributed by atoms with Crippen LogP contribution in [0.4, 0.5) is 0 Å². The molecule has 128 valence electrons. The predicted octanol–water partition coefficient (Wildman–Crippen LogP) is 3.01. The molecule has 0 unspecified atom stereocenters. The number of amides is 2. The van der Waals surface area contributed by atoms with Crippen LogP contribution in [-0.2, 0) is 16.1 Å². The number of hydrogen-bond acceptors (Lipinski definition) is 3. The highest BCUT2D eigenvalue weighted by Gasteiger charge is 2.29. The predicted molar refractivity (Wildman–Crippen MR) is 88.5 cm³/mol. The van der Waals surface area contributed by atoms with Gasteiger partial charge in [-0.2, -0.15) is 0 Å². The number of unbranched alkanes of at least 4 members (excludes halogenated alkanes) is 2. The van der Waals surface area contributed by atoms with Crippen molar-refractivity contribution in [2.75, 3.05) is 6.54 Å². The quantitative estimate of drug-likeness (QED) is 0.723. The molecule has 2 N–H and O–H groups in total. The average molecular weight is 320 g/mol. The third-order valence-corrected chi connectivity index (χ3v) is 4.57. The van der Waals surface area contributed by atoms with E-state index in [4.69, 9.17) is 4.42 Å². The van der Waals surface area contributed by atoms with Crippen molar-refractivity contribution in [1.29, 1.82) is 0 Å². The van der Waals surface area contributed by atoms with Crippen LogP contribution in [-0.4, -0.2) is 18.4 Å². The zero-order valence-electron chi connectivity index (χ0n) is 14.0. The molecular formula is C18H28N2O3. The largest absolute Gasteiger partial charge is 0.467 e. The lowest BCUT2D eigenvalue weighted by Gasteiger charge is -2.27. The molecule has 23 heavy (non-hydrogen) atoms. The van der Waals surface area contributed by atoms with Crippen LogP contribution in [0.15, 0.2) is 22.8 Å². The summed E-state index contributed by atoms with van der Waals surface area (Å²) in [6.45, 7) is 3.36. The first-order chi connectivity index (χ1) is 11.2. The molecule has 1 aromatic heterocycles. The highest BCUT2D eigenvalue weighted by Crippen LogP contribution is 2.29. The normalized spacial score (nSPS) is 20.9. The van der Waals surface area contributed by atoms with Gasteiger partial charge in [-0.15, -0.1) is 0 Å². The molecule has 1 saturated carbocycles. The number of furan rings is 1. The zero-order valence-corrected chi connectivity index (χ0v) is 14.0. The third-order valence-electron chi connectivity index (χ3n) is 4.57. The minimum Gasteiger partial charge on any atom is -0.467 e. The van der Waals surface area contributed by atoms with Crippen molar-refractivity contribution in [2.45, 2.75) is 58.4 Å². The van der Waals surface area contributed by atoms with Gasteiger partial charge in [0.1, 0.15) is 5.76 Å². The van der Waals surface area contributed by atoms with E-state index in [1.807, 2.05) is 12.1 Å². The molecule has 1 heterocycles. The van der Waals surface area contributed by atoms with Crippen molar-refractivity contribution < 1.29 is 14.0 Å². The number of hydrogen-bond donors (Lipinski definition) is 2. The lowest BCUT2D eigenvalue weighted by Crippen LogP contribution is -2.37. The molecule has 5 heteroatoms. The molecule has 0 aromatic carbocycles. The zero-order chi connectivity index (χ0) is 16.5. The Morgan fingerprint density at radius 1 is 1.09 bits per heavy atom. The molecule has 0 spiro atoms. The molecular weight excluding hydrogens is 292 g/mol. The summed E-state index contributed by atoms with van der Waals surface area (Å²) in [7, 11) is 0. The maximum atomic E-state index is 12.2. The molecule has 1 aromatic rings. The Labute approximate surface area is 138 Å². The van der Waals surface area contributed by atoms with Crippen molar-refractivity contribution in [3.63, 3.8) is 0 Å². The second-order valence-electron chi connectivity index (χ2n) is 6.34. The van der Waals surface area contributed by atoms with Gasteiger partial charge >= 0.3 is 0 Å². The SMILES string of the molecule is CCCCCNC(=O)C1CCC(C(=O)NCc2ccco2)CC1. The molecule has 2 rings (SSSR count). The second-order valence-corrected chi connectivity index (χ2v) is 6.34. The van der Waals surface area contributed by atoms with Crippen LogP contribution in [0.1, 0.15) is 57.6 Å². The maximum Gasteiger partial charge on any atom is 0.223 e. The van der Waals surface area contributed by atoms with Crippen LogP contribution in [0.5, 0.6) is 0 Å². The molecule has 0 atom stereocenters. The lowest BCUT2D eigenvalue weighted by molar-refractivity contribution is -0.130. The fourth-order valence-corrected chi connectivity index (χ4v) is 3.08. The first-order valence-electron chi connectivity index (χ1n) is 8.78.